The van der Waals surface area contributed by atoms with Crippen molar-refractivity contribution in [2.75, 3.05) is 0 Å². The Bertz CT molecular complexity index is 480. The van der Waals surface area contributed by atoms with E-state index in [4.69, 9.17) is 10.00 Å². The van der Waals surface area contributed by atoms with Crippen molar-refractivity contribution in [3.63, 3.8) is 0 Å². The van der Waals surface area contributed by atoms with Crippen LogP contribution in [0, 0.1) is 17.2 Å². The summed E-state index contributed by atoms with van der Waals surface area (Å²) in [6.45, 7) is 6.97. The number of rotatable bonds is 3. The molecule has 4 nitrogen and oxygen atoms in total. The Hall–Kier alpha value is -1.86. The summed E-state index contributed by atoms with van der Waals surface area (Å²) >= 11 is 0. The number of hydrogen-bond acceptors (Lipinski definition) is 4. The van der Waals surface area contributed by atoms with Crippen molar-refractivity contribution in [3.05, 3.63) is 35.4 Å². The summed E-state index contributed by atoms with van der Waals surface area (Å²) in [5.74, 6) is -1.10. The van der Waals surface area contributed by atoms with Crippen LogP contribution in [0.1, 0.15) is 44.9 Å². The molecule has 0 aliphatic carbocycles. The van der Waals surface area contributed by atoms with Crippen molar-refractivity contribution in [1.29, 1.82) is 5.26 Å². The highest BCUT2D eigenvalue weighted by Crippen LogP contribution is 2.24. The van der Waals surface area contributed by atoms with Gasteiger partial charge in [0.1, 0.15) is 5.60 Å². The Morgan fingerprint density at radius 2 is 1.84 bits per heavy atom. The SMILES string of the molecule is C[C@H](C(=O)OC(C)(C)C)[C@H](O)c1ccc(C#N)cc1. The lowest BCUT2D eigenvalue weighted by atomic mass is 9.96. The van der Waals surface area contributed by atoms with E-state index in [0.29, 0.717) is 11.1 Å². The van der Waals surface area contributed by atoms with Gasteiger partial charge in [0.2, 0.25) is 0 Å². The first-order chi connectivity index (χ1) is 8.74. The van der Waals surface area contributed by atoms with Crippen LogP contribution >= 0.6 is 0 Å². The molecule has 4 heteroatoms. The van der Waals surface area contributed by atoms with Crippen molar-refractivity contribution in [2.45, 2.75) is 39.4 Å². The van der Waals surface area contributed by atoms with Gasteiger partial charge in [0.05, 0.1) is 23.7 Å². The van der Waals surface area contributed by atoms with Crippen LogP contribution in [0.3, 0.4) is 0 Å². The number of carbonyl (C=O) groups is 1. The van der Waals surface area contributed by atoms with Crippen LogP contribution in [0.4, 0.5) is 0 Å². The van der Waals surface area contributed by atoms with Gasteiger partial charge in [0.25, 0.3) is 0 Å². The van der Waals surface area contributed by atoms with Gasteiger partial charge in [-0.15, -0.1) is 0 Å². The molecule has 0 heterocycles. The van der Waals surface area contributed by atoms with E-state index in [1.165, 1.54) is 0 Å². The molecule has 0 aliphatic rings. The third kappa shape index (κ3) is 4.38. The molecule has 19 heavy (non-hydrogen) atoms. The average Bonchev–Trinajstić information content (AvgIpc) is 2.35. The summed E-state index contributed by atoms with van der Waals surface area (Å²) in [5, 5.41) is 18.8. The van der Waals surface area contributed by atoms with Crippen LogP contribution in [-0.4, -0.2) is 16.7 Å². The molecule has 102 valence electrons. The lowest BCUT2D eigenvalue weighted by Crippen LogP contribution is -2.30. The molecule has 0 unspecified atom stereocenters. The summed E-state index contributed by atoms with van der Waals surface area (Å²) in [5.41, 5.74) is 0.536. The second-order valence-corrected chi connectivity index (χ2v) is 5.50. The van der Waals surface area contributed by atoms with E-state index in [2.05, 4.69) is 0 Å². The zero-order valence-corrected chi connectivity index (χ0v) is 11.7. The zero-order chi connectivity index (χ0) is 14.6. The number of hydrogen-bond donors (Lipinski definition) is 1. The number of benzene rings is 1. The van der Waals surface area contributed by atoms with Crippen molar-refractivity contribution < 1.29 is 14.6 Å². The topological polar surface area (TPSA) is 70.3 Å². The maximum absolute atomic E-state index is 11.9. The standard InChI is InChI=1S/C15H19NO3/c1-10(14(18)19-15(2,3)4)13(17)12-7-5-11(9-16)6-8-12/h5-8,10,13,17H,1-4H3/t10-,13-/m0/s1. The number of carbonyl (C=O) groups excluding carboxylic acids is 1. The Kier molecular flexibility index (Phi) is 4.68. The fraction of sp³-hybridized carbons (Fsp3) is 0.467. The Balaban J connectivity index is 2.78. The van der Waals surface area contributed by atoms with Crippen LogP contribution in [0.2, 0.25) is 0 Å². The van der Waals surface area contributed by atoms with Gasteiger partial charge in [-0.1, -0.05) is 12.1 Å². The molecule has 1 N–H and O–H groups in total. The molecule has 0 amide bonds. The molecule has 0 bridgehead atoms. The molecular formula is C15H19NO3. The number of aliphatic hydroxyl groups is 1. The van der Waals surface area contributed by atoms with E-state index in [9.17, 15) is 9.90 Å². The molecule has 0 fully saturated rings. The van der Waals surface area contributed by atoms with Gasteiger partial charge >= 0.3 is 5.97 Å². The number of nitriles is 1. The molecule has 1 rings (SSSR count). The van der Waals surface area contributed by atoms with Crippen LogP contribution < -0.4 is 0 Å². The highest BCUT2D eigenvalue weighted by molar-refractivity contribution is 5.73. The predicted molar refractivity (Wildman–Crippen MR) is 71.1 cm³/mol. The minimum atomic E-state index is -0.942. The maximum atomic E-state index is 11.9. The second kappa shape index (κ2) is 5.85. The van der Waals surface area contributed by atoms with Crippen molar-refractivity contribution in [2.24, 2.45) is 5.92 Å². The summed E-state index contributed by atoms with van der Waals surface area (Å²) in [6.07, 6.45) is -0.942. The van der Waals surface area contributed by atoms with E-state index in [-0.39, 0.29) is 0 Å². The van der Waals surface area contributed by atoms with Crippen molar-refractivity contribution in [1.82, 2.24) is 0 Å². The van der Waals surface area contributed by atoms with Crippen LogP contribution in [-0.2, 0) is 9.53 Å². The molecule has 0 aliphatic heterocycles. The molecule has 0 spiro atoms. The molecule has 0 radical (unpaired) electrons. The first-order valence-electron chi connectivity index (χ1n) is 6.15. The molecule has 0 saturated heterocycles. The molecule has 1 aromatic carbocycles. The normalized spacial score (nSPS) is 14.3. The van der Waals surface area contributed by atoms with Gasteiger partial charge in [-0.2, -0.15) is 5.26 Å². The average molecular weight is 261 g/mol. The summed E-state index contributed by atoms with van der Waals surface area (Å²) in [6, 6.07) is 8.51. The van der Waals surface area contributed by atoms with E-state index in [1.807, 2.05) is 6.07 Å². The monoisotopic (exact) mass is 261 g/mol. The van der Waals surface area contributed by atoms with Gasteiger partial charge in [0, 0.05) is 0 Å². The number of ether oxygens (including phenoxy) is 1. The fourth-order valence-electron chi connectivity index (χ4n) is 1.57. The number of esters is 1. The minimum absolute atomic E-state index is 0.440. The van der Waals surface area contributed by atoms with E-state index < -0.39 is 23.6 Å². The molecule has 1 aromatic rings. The van der Waals surface area contributed by atoms with E-state index in [1.54, 1.807) is 52.0 Å². The molecule has 2 atom stereocenters. The molecule has 0 aromatic heterocycles. The molecular weight excluding hydrogens is 242 g/mol. The summed E-state index contributed by atoms with van der Waals surface area (Å²) in [7, 11) is 0. The smallest absolute Gasteiger partial charge is 0.312 e. The first kappa shape index (κ1) is 15.2. The Labute approximate surface area is 113 Å². The quantitative estimate of drug-likeness (QED) is 0.849. The van der Waals surface area contributed by atoms with Gasteiger partial charge in [0.15, 0.2) is 0 Å². The Morgan fingerprint density at radius 1 is 1.32 bits per heavy atom. The first-order valence-corrected chi connectivity index (χ1v) is 6.15. The Morgan fingerprint density at radius 3 is 2.26 bits per heavy atom. The van der Waals surface area contributed by atoms with Gasteiger partial charge < -0.3 is 9.84 Å². The van der Waals surface area contributed by atoms with Gasteiger partial charge in [-0.25, -0.2) is 0 Å². The highest BCUT2D eigenvalue weighted by Gasteiger charge is 2.28. The largest absolute Gasteiger partial charge is 0.460 e. The van der Waals surface area contributed by atoms with Crippen molar-refractivity contribution >= 4 is 5.97 Å². The lowest BCUT2D eigenvalue weighted by Gasteiger charge is -2.24. The van der Waals surface area contributed by atoms with Gasteiger partial charge in [-0.05, 0) is 45.4 Å². The maximum Gasteiger partial charge on any atom is 0.312 e. The third-order valence-corrected chi connectivity index (χ3v) is 2.63. The van der Waals surface area contributed by atoms with Crippen LogP contribution in [0.5, 0.6) is 0 Å². The van der Waals surface area contributed by atoms with Crippen LogP contribution in [0.25, 0.3) is 0 Å². The number of aliphatic hydroxyl groups excluding tert-OH is 1. The third-order valence-electron chi connectivity index (χ3n) is 2.63. The van der Waals surface area contributed by atoms with Gasteiger partial charge in [-0.3, -0.25) is 4.79 Å². The lowest BCUT2D eigenvalue weighted by molar-refractivity contribution is -0.163. The number of nitrogens with zero attached hydrogens (tertiary/aromatic N) is 1. The summed E-state index contributed by atoms with van der Waals surface area (Å²) < 4.78 is 5.24. The van der Waals surface area contributed by atoms with Crippen molar-refractivity contribution in [3.8, 4) is 6.07 Å². The fourth-order valence-corrected chi connectivity index (χ4v) is 1.57. The predicted octanol–water partition coefficient (Wildman–Crippen LogP) is 2.57. The van der Waals surface area contributed by atoms with Crippen LogP contribution in [0.15, 0.2) is 24.3 Å². The summed E-state index contributed by atoms with van der Waals surface area (Å²) in [4.78, 5) is 11.9. The zero-order valence-electron chi connectivity index (χ0n) is 11.7. The van der Waals surface area contributed by atoms with E-state index in [0.717, 1.165) is 0 Å². The molecule has 0 saturated carbocycles. The minimum Gasteiger partial charge on any atom is -0.460 e. The second-order valence-electron chi connectivity index (χ2n) is 5.50. The highest BCUT2D eigenvalue weighted by atomic mass is 16.6. The van der Waals surface area contributed by atoms with E-state index >= 15 is 0 Å².